The van der Waals surface area contributed by atoms with Gasteiger partial charge in [0.1, 0.15) is 0 Å². The third-order valence-electron chi connectivity index (χ3n) is 6.10. The molecular weight excluding hydrogens is 374 g/mol. The van der Waals surface area contributed by atoms with Crippen LogP contribution in [-0.4, -0.2) is 93.2 Å². The van der Waals surface area contributed by atoms with Gasteiger partial charge in [0.25, 0.3) is 0 Å². The summed E-state index contributed by atoms with van der Waals surface area (Å²) in [6.45, 7) is 15.8. The highest BCUT2D eigenvalue weighted by molar-refractivity contribution is 5.80. The molecule has 2 aliphatic heterocycles. The van der Waals surface area contributed by atoms with Crippen LogP contribution in [0.25, 0.3) is 0 Å². The van der Waals surface area contributed by atoms with Crippen LogP contribution in [0, 0.1) is 11.8 Å². The molecule has 0 saturated carbocycles. The molecule has 6 heteroatoms. The number of benzene rings is 1. The predicted molar refractivity (Wildman–Crippen MR) is 125 cm³/mol. The smallest absolute Gasteiger partial charge is 0.193 e. The molecule has 6 nitrogen and oxygen atoms in total. The summed E-state index contributed by atoms with van der Waals surface area (Å²) in [6, 6.07) is 10.4. The fourth-order valence-electron chi connectivity index (χ4n) is 4.28. The lowest BCUT2D eigenvalue weighted by Crippen LogP contribution is -2.46. The molecule has 2 aliphatic rings. The van der Waals surface area contributed by atoms with E-state index >= 15 is 0 Å². The fourth-order valence-corrected chi connectivity index (χ4v) is 4.28. The molecule has 2 fully saturated rings. The lowest BCUT2D eigenvalue weighted by molar-refractivity contribution is 0.0906. The van der Waals surface area contributed by atoms with Crippen LogP contribution in [-0.2, 0) is 11.3 Å². The maximum atomic E-state index is 5.99. The van der Waals surface area contributed by atoms with Gasteiger partial charge in [-0.2, -0.15) is 0 Å². The number of guanidine groups is 1. The molecule has 1 N–H and O–H groups in total. The van der Waals surface area contributed by atoms with Gasteiger partial charge < -0.3 is 24.8 Å². The van der Waals surface area contributed by atoms with Crippen LogP contribution >= 0.6 is 0 Å². The van der Waals surface area contributed by atoms with E-state index < -0.39 is 0 Å². The zero-order chi connectivity index (χ0) is 21.2. The number of hydrogen-bond acceptors (Lipinski definition) is 4. The minimum absolute atomic E-state index is 0.578. The highest BCUT2D eigenvalue weighted by Gasteiger charge is 2.25. The van der Waals surface area contributed by atoms with Crippen molar-refractivity contribution in [3.8, 4) is 0 Å². The molecule has 0 spiro atoms. The van der Waals surface area contributed by atoms with Crippen LogP contribution in [0.2, 0.25) is 0 Å². The summed E-state index contributed by atoms with van der Waals surface area (Å²) in [7, 11) is 2.21. The molecule has 30 heavy (non-hydrogen) atoms. The van der Waals surface area contributed by atoms with E-state index in [4.69, 9.17) is 9.73 Å². The third kappa shape index (κ3) is 7.56. The average Bonchev–Trinajstić information content (AvgIpc) is 3.22. The Bertz CT molecular complexity index is 630. The molecule has 0 radical (unpaired) electrons. The predicted octanol–water partition coefficient (Wildman–Crippen LogP) is 2.37. The number of nitrogens with one attached hydrogen (secondary N) is 1. The van der Waals surface area contributed by atoms with Gasteiger partial charge in [0.05, 0.1) is 13.2 Å². The Balaban J connectivity index is 1.41. The Morgan fingerprint density at radius 1 is 1.17 bits per heavy atom. The summed E-state index contributed by atoms with van der Waals surface area (Å²) in [5.74, 6) is 2.24. The van der Waals surface area contributed by atoms with Gasteiger partial charge in [-0.15, -0.1) is 0 Å². The fraction of sp³-hybridized carbons (Fsp3) is 0.708. The molecule has 2 heterocycles. The highest BCUT2D eigenvalue weighted by Crippen LogP contribution is 2.17. The average molecular weight is 416 g/mol. The van der Waals surface area contributed by atoms with Gasteiger partial charge in [-0.25, -0.2) is 0 Å². The second-order valence-corrected chi connectivity index (χ2v) is 9.01. The molecule has 0 bridgehead atoms. The van der Waals surface area contributed by atoms with Crippen LogP contribution in [0.1, 0.15) is 25.8 Å². The van der Waals surface area contributed by atoms with Crippen molar-refractivity contribution in [1.82, 2.24) is 20.0 Å². The number of ether oxygens (including phenoxy) is 1. The molecule has 1 aromatic rings. The lowest BCUT2D eigenvalue weighted by atomic mass is 10.1. The van der Waals surface area contributed by atoms with E-state index in [2.05, 4.69) is 65.2 Å². The van der Waals surface area contributed by atoms with Crippen LogP contribution in [0.3, 0.4) is 0 Å². The van der Waals surface area contributed by atoms with Crippen LogP contribution in [0.5, 0.6) is 0 Å². The Morgan fingerprint density at radius 2 is 1.93 bits per heavy atom. The molecule has 2 saturated heterocycles. The first-order chi connectivity index (χ1) is 14.6. The van der Waals surface area contributed by atoms with Crippen molar-refractivity contribution in [3.63, 3.8) is 0 Å². The number of rotatable bonds is 9. The zero-order valence-corrected chi connectivity index (χ0v) is 19.2. The number of aliphatic imine (C=N–C) groups is 1. The Kier molecular flexibility index (Phi) is 9.43. The van der Waals surface area contributed by atoms with E-state index in [1.54, 1.807) is 0 Å². The van der Waals surface area contributed by atoms with Gasteiger partial charge in [0, 0.05) is 64.8 Å². The molecule has 2 atom stereocenters. The lowest BCUT2D eigenvalue weighted by Gasteiger charge is -2.33. The molecule has 0 amide bonds. The van der Waals surface area contributed by atoms with E-state index in [1.165, 1.54) is 38.2 Å². The molecule has 0 aliphatic carbocycles. The molecule has 168 valence electrons. The standard InChI is InChI=1S/C24H41N5O/c1-4-25-24(26-16-21(2)17-28-14-12-27(3)13-15-28)29-11-10-23(18-29)20-30-19-22-8-6-5-7-9-22/h5-9,21,23H,4,10-20H2,1-3H3,(H,25,26). The topological polar surface area (TPSA) is 43.3 Å². The van der Waals surface area contributed by atoms with Crippen molar-refractivity contribution >= 4 is 5.96 Å². The summed E-state index contributed by atoms with van der Waals surface area (Å²) >= 11 is 0. The van der Waals surface area contributed by atoms with E-state index in [1.807, 2.05) is 6.07 Å². The van der Waals surface area contributed by atoms with Crippen molar-refractivity contribution in [2.75, 3.05) is 72.6 Å². The maximum absolute atomic E-state index is 5.99. The number of piperazine rings is 1. The van der Waals surface area contributed by atoms with Crippen molar-refractivity contribution < 1.29 is 4.74 Å². The van der Waals surface area contributed by atoms with Crippen molar-refractivity contribution in [2.24, 2.45) is 16.8 Å². The zero-order valence-electron chi connectivity index (χ0n) is 19.2. The normalized spacial score (nSPS) is 22.4. The highest BCUT2D eigenvalue weighted by atomic mass is 16.5. The third-order valence-corrected chi connectivity index (χ3v) is 6.10. The minimum Gasteiger partial charge on any atom is -0.376 e. The first kappa shape index (κ1) is 23.0. The Morgan fingerprint density at radius 3 is 2.67 bits per heavy atom. The van der Waals surface area contributed by atoms with Crippen LogP contribution in [0.4, 0.5) is 0 Å². The summed E-state index contributed by atoms with van der Waals surface area (Å²) in [4.78, 5) is 12.4. The largest absolute Gasteiger partial charge is 0.376 e. The first-order valence-corrected chi connectivity index (χ1v) is 11.7. The van der Waals surface area contributed by atoms with E-state index in [0.29, 0.717) is 18.4 Å². The summed E-state index contributed by atoms with van der Waals surface area (Å²) in [5.41, 5.74) is 1.25. The monoisotopic (exact) mass is 415 g/mol. The number of likely N-dealkylation sites (tertiary alicyclic amines) is 1. The molecule has 1 aromatic carbocycles. The minimum atomic E-state index is 0.578. The SMILES string of the molecule is CCNC(=NCC(C)CN1CCN(C)CC1)N1CCC(COCc2ccccc2)C1. The van der Waals surface area contributed by atoms with Gasteiger partial charge in [0.15, 0.2) is 5.96 Å². The number of hydrogen-bond donors (Lipinski definition) is 1. The van der Waals surface area contributed by atoms with Crippen molar-refractivity contribution in [3.05, 3.63) is 35.9 Å². The van der Waals surface area contributed by atoms with E-state index in [0.717, 1.165) is 45.3 Å². The second-order valence-electron chi connectivity index (χ2n) is 9.01. The summed E-state index contributed by atoms with van der Waals surface area (Å²) in [5, 5.41) is 3.51. The van der Waals surface area contributed by atoms with Gasteiger partial charge in [0.2, 0.25) is 0 Å². The van der Waals surface area contributed by atoms with Crippen molar-refractivity contribution in [2.45, 2.75) is 26.9 Å². The molecule has 0 aromatic heterocycles. The van der Waals surface area contributed by atoms with Gasteiger partial charge in [-0.3, -0.25) is 4.99 Å². The Labute approximate surface area is 183 Å². The van der Waals surface area contributed by atoms with Crippen molar-refractivity contribution in [1.29, 1.82) is 0 Å². The second kappa shape index (κ2) is 12.3. The maximum Gasteiger partial charge on any atom is 0.193 e. The van der Waals surface area contributed by atoms with Gasteiger partial charge >= 0.3 is 0 Å². The van der Waals surface area contributed by atoms with Gasteiger partial charge in [-0.05, 0) is 31.9 Å². The molecular formula is C24H41N5O. The van der Waals surface area contributed by atoms with Crippen LogP contribution < -0.4 is 5.32 Å². The van der Waals surface area contributed by atoms with E-state index in [9.17, 15) is 0 Å². The molecule has 2 unspecified atom stereocenters. The molecule has 3 rings (SSSR count). The van der Waals surface area contributed by atoms with Gasteiger partial charge in [-0.1, -0.05) is 37.3 Å². The summed E-state index contributed by atoms with van der Waals surface area (Å²) < 4.78 is 5.99. The van der Waals surface area contributed by atoms with Crippen LogP contribution in [0.15, 0.2) is 35.3 Å². The Hall–Kier alpha value is -1.63. The number of nitrogens with zero attached hydrogens (tertiary/aromatic N) is 4. The first-order valence-electron chi connectivity index (χ1n) is 11.7. The number of likely N-dealkylation sites (N-methyl/N-ethyl adjacent to an activating group) is 1. The van der Waals surface area contributed by atoms with E-state index in [-0.39, 0.29) is 0 Å². The quantitative estimate of drug-likeness (QED) is 0.496. The summed E-state index contributed by atoms with van der Waals surface area (Å²) in [6.07, 6.45) is 1.18.